The third-order valence-corrected chi connectivity index (χ3v) is 7.71. The van der Waals surface area contributed by atoms with Crippen LogP contribution in [-0.4, -0.2) is 10.7 Å². The number of hydrogen-bond donors (Lipinski definition) is 1. The van der Waals surface area contributed by atoms with Crippen LogP contribution < -0.4 is 4.74 Å². The zero-order valence-corrected chi connectivity index (χ0v) is 15.0. The number of hydrogen-bond acceptors (Lipinski definition) is 2. The maximum atomic E-state index is 9.89. The molecule has 0 saturated heterocycles. The molecule has 1 aromatic carbocycles. The van der Waals surface area contributed by atoms with Crippen LogP contribution in [0.25, 0.3) is 0 Å². The molecule has 0 amide bonds. The molecule has 1 aliphatic heterocycles. The lowest BCUT2D eigenvalue weighted by atomic mass is 9.44. The smallest absolute Gasteiger partial charge is 0.123 e. The van der Waals surface area contributed by atoms with Crippen molar-refractivity contribution in [3.8, 4) is 11.5 Å². The molecule has 2 unspecified atom stereocenters. The van der Waals surface area contributed by atoms with E-state index in [2.05, 4.69) is 27.7 Å². The Labute approximate surface area is 140 Å². The van der Waals surface area contributed by atoms with Crippen LogP contribution in [0.15, 0.2) is 18.2 Å². The Balaban J connectivity index is 1.88. The van der Waals surface area contributed by atoms with Crippen LogP contribution in [0.1, 0.15) is 65.4 Å². The van der Waals surface area contributed by atoms with Gasteiger partial charge in [0.15, 0.2) is 0 Å². The summed E-state index contributed by atoms with van der Waals surface area (Å²) < 4.78 is 6.88. The van der Waals surface area contributed by atoms with E-state index in [-0.39, 0.29) is 11.0 Å². The average Bonchev–Trinajstić information content (AvgIpc) is 2.46. The molecule has 2 aliphatic carbocycles. The lowest BCUT2D eigenvalue weighted by molar-refractivity contribution is -0.210. The number of phenolic OH excluding ortho intramolecular Hbond substituents is 1. The second kappa shape index (κ2) is 4.68. The summed E-state index contributed by atoms with van der Waals surface area (Å²) in [5.41, 5.74) is 1.67. The fourth-order valence-electron chi connectivity index (χ4n) is 6.20. The molecule has 1 N–H and O–H groups in total. The number of phenols is 1. The lowest BCUT2D eigenvalue weighted by Crippen LogP contribution is -2.68. The molecular formula is C21H30O2. The molecule has 0 radical (unpaired) electrons. The topological polar surface area (TPSA) is 29.5 Å². The first kappa shape index (κ1) is 15.4. The molecule has 2 fully saturated rings. The number of rotatable bonds is 0. The van der Waals surface area contributed by atoms with Gasteiger partial charge >= 0.3 is 0 Å². The third-order valence-electron chi connectivity index (χ3n) is 7.71. The summed E-state index contributed by atoms with van der Waals surface area (Å²) in [6.45, 7) is 9.77. The molecule has 0 aromatic heterocycles. The van der Waals surface area contributed by atoms with Crippen molar-refractivity contribution in [3.63, 3.8) is 0 Å². The molecule has 2 nitrogen and oxygen atoms in total. The Morgan fingerprint density at radius 3 is 2.70 bits per heavy atom. The standard InChI is InChI=1S/C21H30O2/c1-14-6-9-18-19(2,3)10-5-11-21(18)20(14,4)13-15-12-16(22)7-8-17(15)23-21/h7-8,12,14,18,22H,5-6,9-11,13H2,1-4H3/t14-,18?,20+,21?/m0/s1. The first-order chi connectivity index (χ1) is 10.8. The van der Waals surface area contributed by atoms with Gasteiger partial charge in [-0.05, 0) is 73.6 Å². The number of ether oxygens (including phenoxy) is 1. The molecule has 2 heteroatoms. The van der Waals surface area contributed by atoms with Crippen LogP contribution in [0.4, 0.5) is 0 Å². The Hall–Kier alpha value is -1.18. The zero-order valence-electron chi connectivity index (χ0n) is 15.0. The normalized spacial score (nSPS) is 41.2. The van der Waals surface area contributed by atoms with Crippen molar-refractivity contribution < 1.29 is 9.84 Å². The quantitative estimate of drug-likeness (QED) is 0.701. The predicted molar refractivity (Wildman–Crippen MR) is 92.8 cm³/mol. The van der Waals surface area contributed by atoms with Crippen molar-refractivity contribution in [2.24, 2.45) is 22.7 Å². The van der Waals surface area contributed by atoms with Crippen LogP contribution in [-0.2, 0) is 6.42 Å². The van der Waals surface area contributed by atoms with Crippen LogP contribution in [0.5, 0.6) is 11.5 Å². The molecule has 1 spiro atoms. The van der Waals surface area contributed by atoms with Crippen LogP contribution in [0.3, 0.4) is 0 Å². The summed E-state index contributed by atoms with van der Waals surface area (Å²) in [4.78, 5) is 0. The summed E-state index contributed by atoms with van der Waals surface area (Å²) >= 11 is 0. The third kappa shape index (κ3) is 1.93. The SMILES string of the molecule is C[C@H]1CCC2C(C)(C)CCCC23Oc2ccc(O)cc2C[C@]13C. The van der Waals surface area contributed by atoms with Gasteiger partial charge in [-0.3, -0.25) is 0 Å². The van der Waals surface area contributed by atoms with Gasteiger partial charge in [0.25, 0.3) is 0 Å². The maximum absolute atomic E-state index is 9.89. The average molecular weight is 314 g/mol. The minimum atomic E-state index is -0.0314. The van der Waals surface area contributed by atoms with E-state index in [9.17, 15) is 5.11 Å². The predicted octanol–water partition coefficient (Wildman–Crippen LogP) is 5.33. The van der Waals surface area contributed by atoms with Gasteiger partial charge in [-0.2, -0.15) is 0 Å². The van der Waals surface area contributed by atoms with E-state index in [1.54, 1.807) is 6.07 Å². The molecule has 126 valence electrons. The van der Waals surface area contributed by atoms with Crippen molar-refractivity contribution in [3.05, 3.63) is 23.8 Å². The van der Waals surface area contributed by atoms with Gasteiger partial charge in [-0.25, -0.2) is 0 Å². The molecular weight excluding hydrogens is 284 g/mol. The van der Waals surface area contributed by atoms with E-state index in [0.717, 1.165) is 12.2 Å². The number of benzene rings is 1. The van der Waals surface area contributed by atoms with Gasteiger partial charge in [0, 0.05) is 11.3 Å². The van der Waals surface area contributed by atoms with E-state index in [1.165, 1.54) is 37.7 Å². The number of fused-ring (bicyclic) bond motifs is 1. The number of aromatic hydroxyl groups is 1. The van der Waals surface area contributed by atoms with Gasteiger partial charge in [-0.1, -0.05) is 27.7 Å². The van der Waals surface area contributed by atoms with Gasteiger partial charge in [0.05, 0.1) is 0 Å². The van der Waals surface area contributed by atoms with Crippen molar-refractivity contribution in [2.45, 2.75) is 71.8 Å². The van der Waals surface area contributed by atoms with Gasteiger partial charge < -0.3 is 9.84 Å². The summed E-state index contributed by atoms with van der Waals surface area (Å²) in [7, 11) is 0. The highest BCUT2D eigenvalue weighted by Crippen LogP contribution is 2.65. The van der Waals surface area contributed by atoms with Crippen LogP contribution >= 0.6 is 0 Å². The Morgan fingerprint density at radius 2 is 1.91 bits per heavy atom. The Bertz CT molecular complexity index is 635. The first-order valence-corrected chi connectivity index (χ1v) is 9.29. The summed E-state index contributed by atoms with van der Waals surface area (Å²) in [6.07, 6.45) is 7.38. The Morgan fingerprint density at radius 1 is 1.13 bits per heavy atom. The summed E-state index contributed by atoms with van der Waals surface area (Å²) in [5.74, 6) is 2.66. The van der Waals surface area contributed by atoms with E-state index in [4.69, 9.17) is 4.74 Å². The second-order valence-corrected chi connectivity index (χ2v) is 9.25. The highest BCUT2D eigenvalue weighted by Gasteiger charge is 2.65. The first-order valence-electron chi connectivity index (χ1n) is 9.29. The second-order valence-electron chi connectivity index (χ2n) is 9.25. The molecule has 1 heterocycles. The molecule has 4 atom stereocenters. The highest BCUT2D eigenvalue weighted by molar-refractivity contribution is 5.44. The van der Waals surface area contributed by atoms with E-state index < -0.39 is 0 Å². The van der Waals surface area contributed by atoms with Crippen LogP contribution in [0.2, 0.25) is 0 Å². The molecule has 0 bridgehead atoms. The van der Waals surface area contributed by atoms with Crippen molar-refractivity contribution in [1.82, 2.24) is 0 Å². The lowest BCUT2D eigenvalue weighted by Gasteiger charge is -2.66. The molecule has 4 rings (SSSR count). The maximum Gasteiger partial charge on any atom is 0.123 e. The van der Waals surface area contributed by atoms with Gasteiger partial charge in [0.2, 0.25) is 0 Å². The molecule has 3 aliphatic rings. The van der Waals surface area contributed by atoms with Crippen molar-refractivity contribution in [2.75, 3.05) is 0 Å². The zero-order chi connectivity index (χ0) is 16.5. The summed E-state index contributed by atoms with van der Waals surface area (Å²) in [6, 6.07) is 5.67. The van der Waals surface area contributed by atoms with Crippen molar-refractivity contribution >= 4 is 0 Å². The molecule has 2 saturated carbocycles. The van der Waals surface area contributed by atoms with Gasteiger partial charge in [0.1, 0.15) is 17.1 Å². The van der Waals surface area contributed by atoms with Crippen LogP contribution in [0, 0.1) is 22.7 Å². The van der Waals surface area contributed by atoms with Crippen molar-refractivity contribution in [1.29, 1.82) is 0 Å². The van der Waals surface area contributed by atoms with Gasteiger partial charge in [-0.15, -0.1) is 0 Å². The largest absolute Gasteiger partial charge is 0.508 e. The molecule has 1 aromatic rings. The minimum Gasteiger partial charge on any atom is -0.508 e. The fraction of sp³-hybridized carbons (Fsp3) is 0.714. The van der Waals surface area contributed by atoms with E-state index in [0.29, 0.717) is 23.0 Å². The Kier molecular flexibility index (Phi) is 3.12. The molecule has 23 heavy (non-hydrogen) atoms. The minimum absolute atomic E-state index is 0.0314. The van der Waals surface area contributed by atoms with E-state index >= 15 is 0 Å². The fourth-order valence-corrected chi connectivity index (χ4v) is 6.20. The monoisotopic (exact) mass is 314 g/mol. The highest BCUT2D eigenvalue weighted by atomic mass is 16.5. The van der Waals surface area contributed by atoms with E-state index in [1.807, 2.05) is 12.1 Å². The summed E-state index contributed by atoms with van der Waals surface area (Å²) in [5, 5.41) is 9.89.